The SMILES string of the molecule is CSCC[C@H](NC(=O)[C@H](CC(C)C)NC(=O)[C@H](Cc1ccccc1)NC(=O)[C@@H](NC(=O)[C@@H](N)Cc1ccccc1)C(C)C)C(=O)O. The van der Waals surface area contributed by atoms with Gasteiger partial charge in [0.15, 0.2) is 0 Å². The van der Waals surface area contributed by atoms with E-state index < -0.39 is 59.8 Å². The van der Waals surface area contributed by atoms with E-state index in [9.17, 15) is 29.1 Å². The van der Waals surface area contributed by atoms with Gasteiger partial charge in [-0.25, -0.2) is 4.79 Å². The Morgan fingerprint density at radius 2 is 1.20 bits per heavy atom. The number of hydrogen-bond acceptors (Lipinski definition) is 7. The topological polar surface area (TPSA) is 180 Å². The quantitative estimate of drug-likeness (QED) is 0.133. The van der Waals surface area contributed by atoms with Gasteiger partial charge in [0.25, 0.3) is 0 Å². The summed E-state index contributed by atoms with van der Waals surface area (Å²) in [6.45, 7) is 7.32. The van der Waals surface area contributed by atoms with Crippen LogP contribution in [0.1, 0.15) is 51.7 Å². The summed E-state index contributed by atoms with van der Waals surface area (Å²) in [6.07, 6.45) is 2.73. The third-order valence-electron chi connectivity index (χ3n) is 7.36. The molecule has 7 N–H and O–H groups in total. The van der Waals surface area contributed by atoms with Gasteiger partial charge in [-0.05, 0) is 54.2 Å². The molecule has 0 fully saturated rings. The molecule has 252 valence electrons. The average Bonchev–Trinajstić information content (AvgIpc) is 3.01. The Balaban J connectivity index is 2.25. The number of nitrogens with one attached hydrogen (secondary N) is 4. The molecular formula is C34H49N5O6S. The third kappa shape index (κ3) is 13.2. The second-order valence-corrected chi connectivity index (χ2v) is 13.1. The minimum Gasteiger partial charge on any atom is -0.480 e. The first-order valence-electron chi connectivity index (χ1n) is 15.6. The molecule has 0 aliphatic heterocycles. The number of thioether (sulfide) groups is 1. The van der Waals surface area contributed by atoms with Crippen LogP contribution in [0, 0.1) is 11.8 Å². The molecule has 0 aliphatic rings. The van der Waals surface area contributed by atoms with Gasteiger partial charge < -0.3 is 32.1 Å². The number of carbonyl (C=O) groups excluding carboxylic acids is 4. The Hall–Kier alpha value is -3.90. The smallest absolute Gasteiger partial charge is 0.326 e. The van der Waals surface area contributed by atoms with Crippen LogP contribution in [-0.2, 0) is 36.8 Å². The number of carboxylic acid groups (broad SMARTS) is 1. The van der Waals surface area contributed by atoms with Crippen molar-refractivity contribution in [1.29, 1.82) is 0 Å². The van der Waals surface area contributed by atoms with Gasteiger partial charge in [0, 0.05) is 6.42 Å². The van der Waals surface area contributed by atoms with E-state index in [2.05, 4.69) is 21.3 Å². The highest BCUT2D eigenvalue weighted by Crippen LogP contribution is 2.11. The van der Waals surface area contributed by atoms with E-state index in [0.717, 1.165) is 11.1 Å². The third-order valence-corrected chi connectivity index (χ3v) is 8.01. The molecule has 2 aromatic rings. The van der Waals surface area contributed by atoms with Crippen molar-refractivity contribution in [3.63, 3.8) is 0 Å². The number of benzene rings is 2. The molecule has 2 rings (SSSR count). The lowest BCUT2D eigenvalue weighted by atomic mass is 9.99. The standard InChI is InChI=1S/C34H49N5O6S/c1-21(2)18-27(31(41)36-26(34(44)45)16-17-46-5)37-32(42)28(20-24-14-10-7-11-15-24)38-33(43)29(22(3)4)39-30(40)25(35)19-23-12-8-6-9-13-23/h6-15,21-22,25-29H,16-20,35H2,1-5H3,(H,36,41)(H,37,42)(H,38,43)(H,39,40)(H,44,45)/t25-,26-,27-,28-,29-/m0/s1. The molecule has 0 saturated carbocycles. The van der Waals surface area contributed by atoms with Crippen LogP contribution in [0.2, 0.25) is 0 Å². The van der Waals surface area contributed by atoms with Gasteiger partial charge in [-0.15, -0.1) is 0 Å². The second-order valence-electron chi connectivity index (χ2n) is 12.1. The minimum atomic E-state index is -1.16. The molecule has 0 aromatic heterocycles. The predicted octanol–water partition coefficient (Wildman–Crippen LogP) is 2.28. The highest BCUT2D eigenvalue weighted by atomic mass is 32.2. The molecule has 46 heavy (non-hydrogen) atoms. The van der Waals surface area contributed by atoms with Crippen LogP contribution >= 0.6 is 11.8 Å². The van der Waals surface area contributed by atoms with Crippen LogP contribution in [0.15, 0.2) is 60.7 Å². The molecule has 0 heterocycles. The molecule has 2 aromatic carbocycles. The van der Waals surface area contributed by atoms with Crippen LogP contribution in [0.3, 0.4) is 0 Å². The zero-order chi connectivity index (χ0) is 34.2. The van der Waals surface area contributed by atoms with Gasteiger partial charge in [-0.3, -0.25) is 19.2 Å². The number of carbonyl (C=O) groups is 5. The fraction of sp³-hybridized carbons (Fsp3) is 0.500. The Morgan fingerprint density at radius 3 is 1.70 bits per heavy atom. The van der Waals surface area contributed by atoms with Crippen molar-refractivity contribution in [2.24, 2.45) is 17.6 Å². The Morgan fingerprint density at radius 1 is 0.696 bits per heavy atom. The maximum absolute atomic E-state index is 13.8. The fourth-order valence-corrected chi connectivity index (χ4v) is 5.29. The van der Waals surface area contributed by atoms with E-state index in [0.29, 0.717) is 5.75 Å². The number of carboxylic acids is 1. The first kappa shape index (κ1) is 38.3. The van der Waals surface area contributed by atoms with Gasteiger partial charge in [0.2, 0.25) is 23.6 Å². The van der Waals surface area contributed by atoms with Gasteiger partial charge in [-0.1, -0.05) is 88.4 Å². The van der Waals surface area contributed by atoms with E-state index in [-0.39, 0.29) is 37.5 Å². The van der Waals surface area contributed by atoms with Gasteiger partial charge in [-0.2, -0.15) is 11.8 Å². The summed E-state index contributed by atoms with van der Waals surface area (Å²) in [7, 11) is 0. The summed E-state index contributed by atoms with van der Waals surface area (Å²) in [5.74, 6) is -3.24. The Kier molecular flexibility index (Phi) is 16.3. The number of hydrogen-bond donors (Lipinski definition) is 6. The van der Waals surface area contributed by atoms with Crippen molar-refractivity contribution in [2.45, 2.75) is 83.6 Å². The maximum Gasteiger partial charge on any atom is 0.326 e. The van der Waals surface area contributed by atoms with Gasteiger partial charge in [0.05, 0.1) is 6.04 Å². The Labute approximate surface area is 276 Å². The summed E-state index contributed by atoms with van der Waals surface area (Å²) >= 11 is 1.47. The molecular weight excluding hydrogens is 606 g/mol. The van der Waals surface area contributed by atoms with Gasteiger partial charge in [0.1, 0.15) is 24.2 Å². The first-order valence-corrected chi connectivity index (χ1v) is 17.0. The zero-order valence-electron chi connectivity index (χ0n) is 27.3. The van der Waals surface area contributed by atoms with Crippen molar-refractivity contribution in [3.8, 4) is 0 Å². The molecule has 0 unspecified atom stereocenters. The van der Waals surface area contributed by atoms with Crippen molar-refractivity contribution in [3.05, 3.63) is 71.8 Å². The van der Waals surface area contributed by atoms with Crippen molar-refractivity contribution < 1.29 is 29.1 Å². The number of nitrogens with two attached hydrogens (primary N) is 1. The predicted molar refractivity (Wildman–Crippen MR) is 181 cm³/mol. The molecule has 0 spiro atoms. The normalized spacial score (nSPS) is 14.4. The molecule has 0 aliphatic carbocycles. The lowest BCUT2D eigenvalue weighted by molar-refractivity contribution is -0.142. The molecule has 0 saturated heterocycles. The van der Waals surface area contributed by atoms with E-state index in [1.54, 1.807) is 13.8 Å². The lowest BCUT2D eigenvalue weighted by Crippen LogP contribution is -2.60. The monoisotopic (exact) mass is 655 g/mol. The summed E-state index contributed by atoms with van der Waals surface area (Å²) in [5.41, 5.74) is 7.82. The zero-order valence-corrected chi connectivity index (χ0v) is 28.1. The largest absolute Gasteiger partial charge is 0.480 e. The summed E-state index contributed by atoms with van der Waals surface area (Å²) < 4.78 is 0. The summed E-state index contributed by atoms with van der Waals surface area (Å²) in [5, 5.41) is 20.5. The highest BCUT2D eigenvalue weighted by Gasteiger charge is 2.33. The molecule has 0 radical (unpaired) electrons. The van der Waals surface area contributed by atoms with Crippen LogP contribution < -0.4 is 27.0 Å². The van der Waals surface area contributed by atoms with Gasteiger partial charge >= 0.3 is 5.97 Å². The van der Waals surface area contributed by atoms with Crippen molar-refractivity contribution in [2.75, 3.05) is 12.0 Å². The molecule has 12 heteroatoms. The minimum absolute atomic E-state index is 0.00619. The number of amides is 4. The molecule has 11 nitrogen and oxygen atoms in total. The highest BCUT2D eigenvalue weighted by molar-refractivity contribution is 7.98. The molecule has 0 bridgehead atoms. The first-order chi connectivity index (χ1) is 21.8. The van der Waals surface area contributed by atoms with Crippen LogP contribution in [-0.4, -0.2) is 76.9 Å². The number of aliphatic carboxylic acids is 1. The summed E-state index contributed by atoms with van der Waals surface area (Å²) in [6, 6.07) is 13.3. The van der Waals surface area contributed by atoms with Crippen LogP contribution in [0.5, 0.6) is 0 Å². The molecule has 4 amide bonds. The maximum atomic E-state index is 13.8. The van der Waals surface area contributed by atoms with Crippen molar-refractivity contribution in [1.82, 2.24) is 21.3 Å². The average molecular weight is 656 g/mol. The number of rotatable bonds is 19. The van der Waals surface area contributed by atoms with Crippen LogP contribution in [0.4, 0.5) is 0 Å². The fourth-order valence-electron chi connectivity index (χ4n) is 4.82. The lowest BCUT2D eigenvalue weighted by Gasteiger charge is -2.28. The van der Waals surface area contributed by atoms with E-state index in [4.69, 9.17) is 5.73 Å². The van der Waals surface area contributed by atoms with E-state index >= 15 is 0 Å². The molecule has 5 atom stereocenters. The van der Waals surface area contributed by atoms with E-state index in [1.165, 1.54) is 11.8 Å². The second kappa shape index (κ2) is 19.6. The van der Waals surface area contributed by atoms with E-state index in [1.807, 2.05) is 80.8 Å². The Bertz CT molecular complexity index is 1280. The summed E-state index contributed by atoms with van der Waals surface area (Å²) in [4.78, 5) is 65.5. The van der Waals surface area contributed by atoms with Crippen molar-refractivity contribution >= 4 is 41.4 Å². The van der Waals surface area contributed by atoms with Crippen LogP contribution in [0.25, 0.3) is 0 Å².